The Bertz CT molecular complexity index is 641. The molecule has 160 valence electrons. The molecule has 1 aliphatic rings. The van der Waals surface area contributed by atoms with Crippen molar-refractivity contribution in [3.8, 4) is 5.88 Å². The zero-order valence-electron chi connectivity index (χ0n) is 15.8. The lowest BCUT2D eigenvalue weighted by Gasteiger charge is -2.34. The van der Waals surface area contributed by atoms with Gasteiger partial charge < -0.3 is 19.7 Å². The quantitative estimate of drug-likeness (QED) is 0.259. The number of aliphatic imine (C=N–C) groups is 1. The van der Waals surface area contributed by atoms with Crippen molar-refractivity contribution >= 4 is 41.5 Å². The average Bonchev–Trinajstić information content (AvgIpc) is 2.63. The number of rotatable bonds is 6. The van der Waals surface area contributed by atoms with Gasteiger partial charge >= 0.3 is 6.18 Å². The van der Waals surface area contributed by atoms with Crippen molar-refractivity contribution < 1.29 is 22.6 Å². The van der Waals surface area contributed by atoms with Crippen LogP contribution in [0.4, 0.5) is 13.2 Å². The largest absolute Gasteiger partial charge is 0.475 e. The smallest absolute Gasteiger partial charge is 0.417 e. The highest BCUT2D eigenvalue weighted by Gasteiger charge is 2.31. The SMILES string of the molecule is CCOC1CCN(C(=NC)NCCOc2ncc(C(F)(F)F)cc2Cl)CC1.I. The first-order valence-corrected chi connectivity index (χ1v) is 9.15. The van der Waals surface area contributed by atoms with Crippen molar-refractivity contribution in [3.63, 3.8) is 0 Å². The molecule has 0 amide bonds. The van der Waals surface area contributed by atoms with Crippen molar-refractivity contribution in [2.75, 3.05) is 39.9 Å². The maximum absolute atomic E-state index is 12.6. The molecular formula is C17H25ClF3IN4O2. The summed E-state index contributed by atoms with van der Waals surface area (Å²) in [5, 5.41) is 3.00. The number of ether oxygens (including phenoxy) is 2. The highest BCUT2D eigenvalue weighted by Crippen LogP contribution is 2.32. The number of nitrogens with zero attached hydrogens (tertiary/aromatic N) is 3. The van der Waals surface area contributed by atoms with Crippen molar-refractivity contribution in [1.29, 1.82) is 0 Å². The molecule has 0 bridgehead atoms. The van der Waals surface area contributed by atoms with E-state index in [-0.39, 0.29) is 41.5 Å². The molecule has 0 aliphatic carbocycles. The van der Waals surface area contributed by atoms with Crippen LogP contribution in [0.3, 0.4) is 0 Å². The molecule has 1 fully saturated rings. The molecule has 0 unspecified atom stereocenters. The zero-order valence-corrected chi connectivity index (χ0v) is 18.8. The summed E-state index contributed by atoms with van der Waals surface area (Å²) in [5.74, 6) is 0.721. The van der Waals surface area contributed by atoms with Gasteiger partial charge in [-0.25, -0.2) is 4.98 Å². The van der Waals surface area contributed by atoms with Gasteiger partial charge in [0.1, 0.15) is 11.6 Å². The normalized spacial score (nSPS) is 15.9. The highest BCUT2D eigenvalue weighted by atomic mass is 127. The first kappa shape index (κ1) is 25.0. The molecule has 1 saturated heterocycles. The van der Waals surface area contributed by atoms with Gasteiger partial charge in [0, 0.05) is 32.9 Å². The number of nitrogens with one attached hydrogen (secondary N) is 1. The van der Waals surface area contributed by atoms with E-state index < -0.39 is 11.7 Å². The van der Waals surface area contributed by atoms with Crippen LogP contribution in [0.5, 0.6) is 5.88 Å². The van der Waals surface area contributed by atoms with E-state index in [1.807, 2.05) is 6.92 Å². The molecule has 0 radical (unpaired) electrons. The average molecular weight is 537 g/mol. The predicted octanol–water partition coefficient (Wildman–Crippen LogP) is 3.83. The van der Waals surface area contributed by atoms with Crippen LogP contribution in [0, 0.1) is 0 Å². The number of halogens is 5. The van der Waals surface area contributed by atoms with Gasteiger partial charge in [-0.1, -0.05) is 11.6 Å². The Labute approximate surface area is 184 Å². The Hall–Kier alpha value is -1.01. The number of pyridine rings is 1. The number of alkyl halides is 3. The second-order valence-corrected chi connectivity index (χ2v) is 6.38. The van der Waals surface area contributed by atoms with Gasteiger partial charge in [-0.05, 0) is 25.8 Å². The van der Waals surface area contributed by atoms with E-state index in [9.17, 15) is 13.2 Å². The first-order chi connectivity index (χ1) is 12.8. The number of hydrogen-bond donors (Lipinski definition) is 1. The van der Waals surface area contributed by atoms with E-state index >= 15 is 0 Å². The number of guanidine groups is 1. The van der Waals surface area contributed by atoms with Gasteiger partial charge in [0.05, 0.1) is 18.2 Å². The Kier molecular flexibility index (Phi) is 10.6. The lowest BCUT2D eigenvalue weighted by Crippen LogP contribution is -2.47. The van der Waals surface area contributed by atoms with Gasteiger partial charge in [0.25, 0.3) is 0 Å². The van der Waals surface area contributed by atoms with Crippen LogP contribution >= 0.6 is 35.6 Å². The summed E-state index contributed by atoms with van der Waals surface area (Å²) in [6, 6.07) is 0.804. The second-order valence-electron chi connectivity index (χ2n) is 5.97. The number of aromatic nitrogens is 1. The van der Waals surface area contributed by atoms with E-state index in [0.717, 1.165) is 44.6 Å². The van der Waals surface area contributed by atoms with Crippen LogP contribution in [-0.4, -0.2) is 61.8 Å². The van der Waals surface area contributed by atoms with Crippen molar-refractivity contribution in [1.82, 2.24) is 15.2 Å². The fraction of sp³-hybridized carbons (Fsp3) is 0.647. The number of hydrogen-bond acceptors (Lipinski definition) is 4. The van der Waals surface area contributed by atoms with Gasteiger partial charge in [0.15, 0.2) is 5.96 Å². The first-order valence-electron chi connectivity index (χ1n) is 8.77. The van der Waals surface area contributed by atoms with Gasteiger partial charge in [-0.2, -0.15) is 13.2 Å². The zero-order chi connectivity index (χ0) is 19.9. The summed E-state index contributed by atoms with van der Waals surface area (Å²) < 4.78 is 48.8. The molecule has 2 rings (SSSR count). The van der Waals surface area contributed by atoms with Crippen LogP contribution in [0.25, 0.3) is 0 Å². The van der Waals surface area contributed by atoms with Crippen molar-refractivity contribution in [2.45, 2.75) is 32.0 Å². The van der Waals surface area contributed by atoms with Gasteiger partial charge in [0.2, 0.25) is 5.88 Å². The molecule has 1 aromatic heterocycles. The number of likely N-dealkylation sites (tertiary alicyclic amines) is 1. The molecule has 0 spiro atoms. The monoisotopic (exact) mass is 536 g/mol. The minimum atomic E-state index is -4.49. The summed E-state index contributed by atoms with van der Waals surface area (Å²) in [7, 11) is 1.70. The molecule has 1 aliphatic heterocycles. The maximum Gasteiger partial charge on any atom is 0.417 e. The van der Waals surface area contributed by atoms with Gasteiger partial charge in [-0.3, -0.25) is 4.99 Å². The standard InChI is InChI=1S/C17H24ClF3N4O2.HI/c1-3-26-13-4-7-25(8-5-13)16(22-2)23-6-9-27-15-14(18)10-12(11-24-15)17(19,20)21;/h10-11,13H,3-9H2,1-2H3,(H,22,23);1H. The molecule has 0 saturated carbocycles. The Morgan fingerprint density at radius 3 is 2.61 bits per heavy atom. The fourth-order valence-corrected chi connectivity index (χ4v) is 3.02. The minimum absolute atomic E-state index is 0. The molecule has 0 aromatic carbocycles. The van der Waals surface area contributed by atoms with Crippen molar-refractivity contribution in [3.05, 3.63) is 22.8 Å². The highest BCUT2D eigenvalue weighted by molar-refractivity contribution is 14.0. The second kappa shape index (κ2) is 11.9. The third kappa shape index (κ3) is 7.43. The van der Waals surface area contributed by atoms with Crippen LogP contribution in [0.1, 0.15) is 25.3 Å². The summed E-state index contributed by atoms with van der Waals surface area (Å²) in [6.45, 7) is 5.00. The summed E-state index contributed by atoms with van der Waals surface area (Å²) in [6.07, 6.45) is -1.61. The maximum atomic E-state index is 12.6. The fourth-order valence-electron chi connectivity index (χ4n) is 2.80. The molecule has 0 atom stereocenters. The van der Waals surface area contributed by atoms with E-state index in [1.54, 1.807) is 7.05 Å². The summed E-state index contributed by atoms with van der Waals surface area (Å²) in [5.41, 5.74) is -0.908. The van der Waals surface area contributed by atoms with Crippen LogP contribution < -0.4 is 10.1 Å². The molecule has 1 N–H and O–H groups in total. The lowest BCUT2D eigenvalue weighted by atomic mass is 10.1. The third-order valence-corrected chi connectivity index (χ3v) is 4.39. The van der Waals surface area contributed by atoms with Crippen LogP contribution in [0.2, 0.25) is 5.02 Å². The molecule has 2 heterocycles. The predicted molar refractivity (Wildman–Crippen MR) is 113 cm³/mol. The number of piperidine rings is 1. The summed E-state index contributed by atoms with van der Waals surface area (Å²) in [4.78, 5) is 10.0. The minimum Gasteiger partial charge on any atom is -0.475 e. The van der Waals surface area contributed by atoms with Gasteiger partial charge in [-0.15, -0.1) is 24.0 Å². The van der Waals surface area contributed by atoms with E-state index in [0.29, 0.717) is 18.8 Å². The Morgan fingerprint density at radius 1 is 1.39 bits per heavy atom. The molecule has 6 nitrogen and oxygen atoms in total. The Balaban J connectivity index is 0.00000392. The van der Waals surface area contributed by atoms with Crippen LogP contribution in [0.15, 0.2) is 17.3 Å². The van der Waals surface area contributed by atoms with E-state index in [4.69, 9.17) is 21.1 Å². The van der Waals surface area contributed by atoms with E-state index in [1.165, 1.54) is 0 Å². The van der Waals surface area contributed by atoms with Crippen molar-refractivity contribution in [2.24, 2.45) is 4.99 Å². The topological polar surface area (TPSA) is 59.0 Å². The summed E-state index contributed by atoms with van der Waals surface area (Å²) >= 11 is 5.81. The van der Waals surface area contributed by atoms with E-state index in [2.05, 4.69) is 20.2 Å². The Morgan fingerprint density at radius 2 is 2.07 bits per heavy atom. The lowest BCUT2D eigenvalue weighted by molar-refractivity contribution is -0.137. The third-order valence-electron chi connectivity index (χ3n) is 4.11. The molecule has 11 heteroatoms. The molecular weight excluding hydrogens is 512 g/mol. The van der Waals surface area contributed by atoms with Crippen LogP contribution in [-0.2, 0) is 10.9 Å². The molecule has 28 heavy (non-hydrogen) atoms. The molecule has 1 aromatic rings.